The fourth-order valence-electron chi connectivity index (χ4n) is 1.69. The first-order valence-corrected chi connectivity index (χ1v) is 5.89. The second-order valence-electron chi connectivity index (χ2n) is 3.94. The van der Waals surface area contributed by atoms with Crippen LogP contribution in [-0.4, -0.2) is 24.8 Å². The van der Waals surface area contributed by atoms with E-state index in [0.29, 0.717) is 6.54 Å². The molecule has 0 bridgehead atoms. The van der Waals surface area contributed by atoms with Gasteiger partial charge in [0, 0.05) is 13.1 Å². The summed E-state index contributed by atoms with van der Waals surface area (Å²) >= 11 is 0. The molecule has 0 saturated heterocycles. The zero-order chi connectivity index (χ0) is 13.5. The molecule has 0 spiro atoms. The van der Waals surface area contributed by atoms with Crippen LogP contribution in [0.1, 0.15) is 25.3 Å². The maximum atomic E-state index is 13.8. The molecule has 98 valence electrons. The van der Waals surface area contributed by atoms with Crippen molar-refractivity contribution in [2.24, 2.45) is 0 Å². The van der Waals surface area contributed by atoms with Gasteiger partial charge in [0.15, 0.2) is 11.6 Å². The summed E-state index contributed by atoms with van der Waals surface area (Å²) in [4.78, 5) is 1.59. The first-order valence-electron chi connectivity index (χ1n) is 5.89. The van der Waals surface area contributed by atoms with Gasteiger partial charge in [-0.2, -0.15) is 5.26 Å². The van der Waals surface area contributed by atoms with E-state index in [-0.39, 0.29) is 24.4 Å². The van der Waals surface area contributed by atoms with Crippen molar-refractivity contribution in [2.45, 2.75) is 19.8 Å². The average molecular weight is 254 g/mol. The van der Waals surface area contributed by atoms with Gasteiger partial charge in [-0.1, -0.05) is 13.3 Å². The van der Waals surface area contributed by atoms with Gasteiger partial charge in [-0.15, -0.1) is 0 Å². The van der Waals surface area contributed by atoms with Gasteiger partial charge in [0.25, 0.3) is 0 Å². The smallest absolute Gasteiger partial charge is 0.183 e. The Morgan fingerprint density at radius 2 is 2.00 bits per heavy atom. The molecule has 0 amide bonds. The van der Waals surface area contributed by atoms with Crippen molar-refractivity contribution in [3.63, 3.8) is 0 Å². The van der Waals surface area contributed by atoms with Crippen molar-refractivity contribution in [1.82, 2.24) is 0 Å². The SMILES string of the molecule is CCCCN(CCO)c1ccc(C#N)c(F)c1F. The molecule has 0 atom stereocenters. The molecule has 0 heterocycles. The Kier molecular flexibility index (Phi) is 5.53. The second-order valence-corrected chi connectivity index (χ2v) is 3.94. The third-order valence-corrected chi connectivity index (χ3v) is 2.67. The van der Waals surface area contributed by atoms with Gasteiger partial charge in [0.05, 0.1) is 17.9 Å². The van der Waals surface area contributed by atoms with Crippen molar-refractivity contribution in [2.75, 3.05) is 24.6 Å². The van der Waals surface area contributed by atoms with Crippen molar-refractivity contribution < 1.29 is 13.9 Å². The van der Waals surface area contributed by atoms with Crippen LogP contribution in [0, 0.1) is 23.0 Å². The molecule has 0 aliphatic rings. The minimum absolute atomic E-state index is 0.0917. The molecule has 3 nitrogen and oxygen atoms in total. The van der Waals surface area contributed by atoms with Crippen molar-refractivity contribution in [3.8, 4) is 6.07 Å². The Balaban J connectivity index is 3.05. The third-order valence-electron chi connectivity index (χ3n) is 2.67. The van der Waals surface area contributed by atoms with Crippen LogP contribution in [0.2, 0.25) is 0 Å². The fourth-order valence-corrected chi connectivity index (χ4v) is 1.69. The van der Waals surface area contributed by atoms with Crippen LogP contribution < -0.4 is 4.90 Å². The number of halogens is 2. The van der Waals surface area contributed by atoms with E-state index in [4.69, 9.17) is 10.4 Å². The van der Waals surface area contributed by atoms with Crippen LogP contribution in [0.15, 0.2) is 12.1 Å². The number of unbranched alkanes of at least 4 members (excludes halogenated alkanes) is 1. The van der Waals surface area contributed by atoms with Crippen LogP contribution in [0.25, 0.3) is 0 Å². The van der Waals surface area contributed by atoms with Gasteiger partial charge < -0.3 is 10.0 Å². The summed E-state index contributed by atoms with van der Waals surface area (Å²) in [7, 11) is 0. The van der Waals surface area contributed by atoms with Gasteiger partial charge in [-0.05, 0) is 18.6 Å². The number of nitriles is 1. The van der Waals surface area contributed by atoms with Gasteiger partial charge in [-0.3, -0.25) is 0 Å². The Hall–Kier alpha value is -1.67. The number of hydrogen-bond acceptors (Lipinski definition) is 3. The lowest BCUT2D eigenvalue weighted by molar-refractivity contribution is 0.301. The molecule has 0 aliphatic carbocycles. The zero-order valence-electron chi connectivity index (χ0n) is 10.3. The molecule has 1 rings (SSSR count). The molecule has 0 saturated carbocycles. The molecule has 1 N–H and O–H groups in total. The van der Waals surface area contributed by atoms with E-state index in [0.717, 1.165) is 12.8 Å². The maximum Gasteiger partial charge on any atom is 0.183 e. The molecule has 0 unspecified atom stereocenters. The minimum Gasteiger partial charge on any atom is -0.395 e. The molecule has 1 aromatic rings. The summed E-state index contributed by atoms with van der Waals surface area (Å²) < 4.78 is 27.3. The number of benzene rings is 1. The molecule has 0 aliphatic heterocycles. The summed E-state index contributed by atoms with van der Waals surface area (Å²) in [6.45, 7) is 2.64. The van der Waals surface area contributed by atoms with Gasteiger partial charge >= 0.3 is 0 Å². The Bertz CT molecular complexity index is 443. The maximum absolute atomic E-state index is 13.8. The van der Waals surface area contributed by atoms with E-state index < -0.39 is 11.6 Å². The van der Waals surface area contributed by atoms with Crippen molar-refractivity contribution in [1.29, 1.82) is 5.26 Å². The first-order chi connectivity index (χ1) is 8.65. The highest BCUT2D eigenvalue weighted by molar-refractivity contribution is 5.52. The quantitative estimate of drug-likeness (QED) is 0.848. The summed E-state index contributed by atoms with van der Waals surface area (Å²) in [5.41, 5.74) is -0.218. The summed E-state index contributed by atoms with van der Waals surface area (Å²) in [5.74, 6) is -2.16. The van der Waals surface area contributed by atoms with E-state index in [9.17, 15) is 8.78 Å². The van der Waals surface area contributed by atoms with Crippen LogP contribution in [-0.2, 0) is 0 Å². The molecule has 5 heteroatoms. The van der Waals surface area contributed by atoms with Crippen LogP contribution in [0.4, 0.5) is 14.5 Å². The highest BCUT2D eigenvalue weighted by Crippen LogP contribution is 2.24. The number of rotatable bonds is 6. The lowest BCUT2D eigenvalue weighted by Crippen LogP contribution is -2.29. The van der Waals surface area contributed by atoms with Crippen LogP contribution in [0.5, 0.6) is 0 Å². The number of aliphatic hydroxyl groups is 1. The van der Waals surface area contributed by atoms with Gasteiger partial charge in [0.1, 0.15) is 6.07 Å². The molecular formula is C13H16F2N2O. The number of nitrogens with zero attached hydrogens (tertiary/aromatic N) is 2. The average Bonchev–Trinajstić information content (AvgIpc) is 2.38. The van der Waals surface area contributed by atoms with E-state index in [2.05, 4.69) is 0 Å². The number of aliphatic hydroxyl groups excluding tert-OH is 1. The second kappa shape index (κ2) is 6.92. The standard InChI is InChI=1S/C13H16F2N2O/c1-2-3-6-17(7-8-18)11-5-4-10(9-16)12(14)13(11)15/h4-5,18H,2-3,6-8H2,1H3. The molecule has 18 heavy (non-hydrogen) atoms. The van der Waals surface area contributed by atoms with Crippen molar-refractivity contribution in [3.05, 3.63) is 29.3 Å². The minimum atomic E-state index is -1.13. The zero-order valence-corrected chi connectivity index (χ0v) is 10.3. The summed E-state index contributed by atoms with van der Waals surface area (Å²) in [6.07, 6.45) is 1.74. The number of hydrogen-bond donors (Lipinski definition) is 1. The number of anilines is 1. The molecule has 0 radical (unpaired) electrons. The lowest BCUT2D eigenvalue weighted by atomic mass is 10.1. The first kappa shape index (κ1) is 14.4. The van der Waals surface area contributed by atoms with Gasteiger partial charge in [0.2, 0.25) is 0 Å². The highest BCUT2D eigenvalue weighted by Gasteiger charge is 2.17. The Morgan fingerprint density at radius 3 is 2.56 bits per heavy atom. The third kappa shape index (κ3) is 3.17. The predicted octanol–water partition coefficient (Wildman–Crippen LogP) is 2.44. The lowest BCUT2D eigenvalue weighted by Gasteiger charge is -2.24. The Morgan fingerprint density at radius 1 is 1.28 bits per heavy atom. The molecule has 0 fully saturated rings. The largest absolute Gasteiger partial charge is 0.395 e. The normalized spacial score (nSPS) is 10.2. The summed E-state index contributed by atoms with van der Waals surface area (Å²) in [5, 5.41) is 17.6. The monoisotopic (exact) mass is 254 g/mol. The Labute approximate surface area is 105 Å². The highest BCUT2D eigenvalue weighted by atomic mass is 19.2. The molecule has 0 aromatic heterocycles. The van der Waals surface area contributed by atoms with E-state index in [1.807, 2.05) is 6.92 Å². The van der Waals surface area contributed by atoms with Crippen LogP contribution in [0.3, 0.4) is 0 Å². The van der Waals surface area contributed by atoms with Crippen LogP contribution >= 0.6 is 0 Å². The molecular weight excluding hydrogens is 238 g/mol. The molecule has 1 aromatic carbocycles. The predicted molar refractivity (Wildman–Crippen MR) is 65.3 cm³/mol. The van der Waals surface area contributed by atoms with Crippen molar-refractivity contribution >= 4 is 5.69 Å². The van der Waals surface area contributed by atoms with E-state index >= 15 is 0 Å². The summed E-state index contributed by atoms with van der Waals surface area (Å²) in [6, 6.07) is 4.23. The van der Waals surface area contributed by atoms with Gasteiger partial charge in [-0.25, -0.2) is 8.78 Å². The fraction of sp³-hybridized carbons (Fsp3) is 0.462. The van der Waals surface area contributed by atoms with E-state index in [1.54, 1.807) is 11.0 Å². The van der Waals surface area contributed by atoms with E-state index in [1.165, 1.54) is 12.1 Å². The topological polar surface area (TPSA) is 47.3 Å².